The van der Waals surface area contributed by atoms with Crippen molar-refractivity contribution in [2.24, 2.45) is 16.7 Å². The van der Waals surface area contributed by atoms with Crippen LogP contribution in [0.1, 0.15) is 72.5 Å². The molecule has 0 aromatic carbocycles. The quantitative estimate of drug-likeness (QED) is 0.249. The van der Waals surface area contributed by atoms with E-state index in [2.05, 4.69) is 0 Å². The number of ether oxygens (including phenoxy) is 3. The van der Waals surface area contributed by atoms with Crippen LogP contribution in [0.25, 0.3) is 0 Å². The Labute approximate surface area is 322 Å². The van der Waals surface area contributed by atoms with Crippen LogP contribution in [0.4, 0.5) is 0 Å². The minimum absolute atomic E-state index is 0. The van der Waals surface area contributed by atoms with Crippen LogP contribution >= 0.6 is 0 Å². The Morgan fingerprint density at radius 2 is 1.79 bits per heavy atom. The molecule has 3 fully saturated rings. The zero-order chi connectivity index (χ0) is 30.3. The maximum atomic E-state index is 14.2. The molecule has 43 heavy (non-hydrogen) atoms. The number of aliphatic hydroxyl groups excluding tert-OH is 2. The van der Waals surface area contributed by atoms with Crippen LogP contribution in [0.2, 0.25) is 0 Å². The number of furan rings is 1. The molecule has 10 atom stereocenters. The molecule has 13 heteroatoms. The minimum atomic E-state index is -2.02. The van der Waals surface area contributed by atoms with Gasteiger partial charge in [-0.25, -0.2) is 4.79 Å². The average Bonchev–Trinajstić information content (AvgIpc) is 3.43. The molecule has 0 amide bonds. The molecule has 1 unspecified atom stereocenters. The summed E-state index contributed by atoms with van der Waals surface area (Å²) in [5.41, 5.74) is -5.86. The summed E-state index contributed by atoms with van der Waals surface area (Å²) in [7, 11) is 0. The number of fused-ring (bicyclic) bond motifs is 5. The van der Waals surface area contributed by atoms with Crippen LogP contribution < -0.4 is 0 Å². The van der Waals surface area contributed by atoms with Crippen LogP contribution in [0.3, 0.4) is 0 Å². The predicted octanol–water partition coefficient (Wildman–Crippen LogP) is 1.55. The second kappa shape index (κ2) is 13.1. The number of esters is 2. The van der Waals surface area contributed by atoms with Gasteiger partial charge in [0.25, 0.3) is 0 Å². The Bertz CT molecular complexity index is 1280. The summed E-state index contributed by atoms with van der Waals surface area (Å²) in [6.45, 7) is 9.15. The van der Waals surface area contributed by atoms with Crippen molar-refractivity contribution in [3.63, 3.8) is 0 Å². The summed E-state index contributed by atoms with van der Waals surface area (Å²) in [4.78, 5) is 39.9. The third kappa shape index (κ3) is 5.75. The van der Waals surface area contributed by atoms with Crippen molar-refractivity contribution in [3.05, 3.63) is 35.3 Å². The molecule has 1 aliphatic heterocycles. The van der Waals surface area contributed by atoms with E-state index in [9.17, 15) is 34.8 Å². The van der Waals surface area contributed by atoms with Gasteiger partial charge < -0.3 is 39.1 Å². The molecule has 3 aliphatic carbocycles. The van der Waals surface area contributed by atoms with Crippen LogP contribution in [-0.2, 0) is 28.6 Å². The molecule has 5 rings (SSSR count). The summed E-state index contributed by atoms with van der Waals surface area (Å²) < 4.78 is 22.5. The molecule has 1 aromatic rings. The SMILES string of the molecule is CC(=O)O[C@H]1[C@@H]2[C@]3(O)CO[C@@H]3CC[C@@]2(C)C(=O)[C@H](O)C2=C(C)C(OC(=O)[C@H](O)[C@@H](C)c3ccco3)C[C@]1(O)C2(C)C.[Ac].[Ac]. The number of ketones is 1. The molecule has 11 nitrogen and oxygen atoms in total. The van der Waals surface area contributed by atoms with Gasteiger partial charge in [0, 0.05) is 118 Å². The van der Waals surface area contributed by atoms with Crippen LogP contribution in [0.15, 0.2) is 34.0 Å². The van der Waals surface area contributed by atoms with Gasteiger partial charge in [-0.2, -0.15) is 0 Å². The van der Waals surface area contributed by atoms with E-state index in [1.54, 1.807) is 46.8 Å². The Morgan fingerprint density at radius 1 is 1.14 bits per heavy atom. The smallest absolute Gasteiger partial charge is 0.336 e. The number of hydrogen-bond acceptors (Lipinski definition) is 11. The first-order valence-corrected chi connectivity index (χ1v) is 14.1. The van der Waals surface area contributed by atoms with Gasteiger partial charge in [-0.1, -0.05) is 27.7 Å². The van der Waals surface area contributed by atoms with Gasteiger partial charge in [-0.05, 0) is 43.0 Å². The van der Waals surface area contributed by atoms with Crippen molar-refractivity contribution in [3.8, 4) is 0 Å². The number of Topliss-reactive ketones (excluding diaryl/α,β-unsaturated/α-hetero) is 1. The molecular weight excluding hydrogens is 990 g/mol. The van der Waals surface area contributed by atoms with E-state index in [1.165, 1.54) is 13.2 Å². The Balaban J connectivity index is 0.00000253. The average molecular weight is 1030 g/mol. The molecule has 2 heterocycles. The predicted molar refractivity (Wildman–Crippen MR) is 141 cm³/mol. The number of carbonyl (C=O) groups is 3. The molecule has 232 valence electrons. The van der Waals surface area contributed by atoms with E-state index in [-0.39, 0.29) is 113 Å². The molecule has 2 radical (unpaired) electrons. The number of carbonyl (C=O) groups excluding carboxylic acids is 3. The molecule has 1 saturated heterocycles. The zero-order valence-corrected chi connectivity index (χ0v) is 34.9. The van der Waals surface area contributed by atoms with Crippen molar-refractivity contribution >= 4 is 17.7 Å². The largest absolute Gasteiger partial charge is 0.469 e. The molecule has 4 N–H and O–H groups in total. The summed E-state index contributed by atoms with van der Waals surface area (Å²) in [5, 5.41) is 47.0. The monoisotopic (exact) mass is 1030 g/mol. The first-order valence-electron chi connectivity index (χ1n) is 14.1. The van der Waals surface area contributed by atoms with E-state index in [4.69, 9.17) is 18.6 Å². The van der Waals surface area contributed by atoms with Crippen molar-refractivity contribution in [2.45, 2.75) is 108 Å². The van der Waals surface area contributed by atoms with Crippen molar-refractivity contribution in [2.75, 3.05) is 6.61 Å². The van der Waals surface area contributed by atoms with Gasteiger partial charge in [0.2, 0.25) is 0 Å². The zero-order valence-electron chi connectivity index (χ0n) is 25.4. The maximum absolute atomic E-state index is 14.2. The van der Waals surface area contributed by atoms with Gasteiger partial charge in [0.1, 0.15) is 35.3 Å². The van der Waals surface area contributed by atoms with Crippen molar-refractivity contribution in [1.82, 2.24) is 0 Å². The molecule has 0 spiro atoms. The van der Waals surface area contributed by atoms with Crippen molar-refractivity contribution in [1.29, 1.82) is 0 Å². The first kappa shape index (κ1) is 37.8. The molecule has 2 saturated carbocycles. The number of rotatable bonds is 5. The van der Waals surface area contributed by atoms with E-state index in [1.807, 2.05) is 0 Å². The summed E-state index contributed by atoms with van der Waals surface area (Å²) in [6.07, 6.45) is -4.84. The molecule has 4 aliphatic rings. The van der Waals surface area contributed by atoms with Gasteiger partial charge >= 0.3 is 11.9 Å². The minimum Gasteiger partial charge on any atom is -0.469 e. The normalized spacial score (nSPS) is 39.2. The third-order valence-electron chi connectivity index (χ3n) is 10.5. The fourth-order valence-electron chi connectivity index (χ4n) is 7.94. The fraction of sp³-hybridized carbons (Fsp3) is 0.700. The number of aliphatic hydroxyl groups is 4. The molecule has 2 bridgehead atoms. The van der Waals surface area contributed by atoms with E-state index in [0.717, 1.165) is 0 Å². The first-order chi connectivity index (χ1) is 19.0. The van der Waals surface area contributed by atoms with Gasteiger partial charge in [0.15, 0.2) is 11.9 Å². The Kier molecular flexibility index (Phi) is 11.5. The number of hydrogen-bond donors (Lipinski definition) is 4. The van der Waals surface area contributed by atoms with Crippen LogP contribution in [0, 0.1) is 105 Å². The fourth-order valence-corrected chi connectivity index (χ4v) is 7.94. The van der Waals surface area contributed by atoms with Crippen LogP contribution in [0.5, 0.6) is 0 Å². The van der Waals surface area contributed by atoms with Gasteiger partial charge in [-0.3, -0.25) is 9.59 Å². The third-order valence-corrected chi connectivity index (χ3v) is 10.5. The van der Waals surface area contributed by atoms with Gasteiger partial charge in [-0.15, -0.1) is 0 Å². The summed E-state index contributed by atoms with van der Waals surface area (Å²) in [5.74, 6) is -3.80. The van der Waals surface area contributed by atoms with Gasteiger partial charge in [0.05, 0.1) is 24.9 Å². The second-order valence-electron chi connectivity index (χ2n) is 13.0. The second-order valence-corrected chi connectivity index (χ2v) is 13.0. The standard InChI is InChI=1S/C30H40O11.2Ac/c1-14-18(41-26(35)21(32)15(2)17-8-7-11-38-17)12-30(37)25(40-16(3)31)23-28(6,10-9-19-29(23,36)13-39-19)24(34)22(33)20(14)27(30,4)5;;/h7-8,11,15,18-19,21-23,25,32-33,36-37H,9-10,12-13H2,1-6H3;;/t15-,18?,19+,21+,22+,23-,25-,28+,29-,30+;;/m0../s1. The van der Waals surface area contributed by atoms with Crippen LogP contribution in [-0.4, -0.2) is 86.5 Å². The Morgan fingerprint density at radius 3 is 2.33 bits per heavy atom. The Hall–Kier alpha value is 0.313. The van der Waals surface area contributed by atoms with E-state index in [0.29, 0.717) is 17.8 Å². The summed E-state index contributed by atoms with van der Waals surface area (Å²) >= 11 is 0. The molecular formula is C30H40Ac2O11. The molecule has 1 aromatic heterocycles. The maximum Gasteiger partial charge on any atom is 0.336 e. The summed E-state index contributed by atoms with van der Waals surface area (Å²) in [6, 6.07) is 3.25. The van der Waals surface area contributed by atoms with E-state index < -0.39 is 82.1 Å². The topological polar surface area (TPSA) is 173 Å². The van der Waals surface area contributed by atoms with Crippen molar-refractivity contribution < 1.29 is 142 Å². The van der Waals surface area contributed by atoms with E-state index >= 15 is 0 Å².